The van der Waals surface area contributed by atoms with Crippen molar-refractivity contribution in [3.05, 3.63) is 30.3 Å². The van der Waals surface area contributed by atoms with Crippen LogP contribution in [0.3, 0.4) is 0 Å². The molecule has 0 aliphatic carbocycles. The predicted molar refractivity (Wildman–Crippen MR) is 57.3 cm³/mol. The standard InChI is InChI=1S/C11H14Si/c1-3-4-10-12(2)11-8-6-5-7-9-11/h5-9,12H,10H2,1-2H3. The van der Waals surface area contributed by atoms with Gasteiger partial charge in [-0.05, 0) is 6.92 Å². The minimum Gasteiger partial charge on any atom is -0.107 e. The maximum absolute atomic E-state index is 3.16. The lowest BCUT2D eigenvalue weighted by molar-refractivity contribution is 1.67. The lowest BCUT2D eigenvalue weighted by atomic mass is 10.4. The first-order valence-corrected chi connectivity index (χ1v) is 6.84. The van der Waals surface area contributed by atoms with E-state index < -0.39 is 8.80 Å². The minimum absolute atomic E-state index is 0.752. The topological polar surface area (TPSA) is 0 Å². The molecule has 1 atom stereocenters. The third kappa shape index (κ3) is 2.56. The average Bonchev–Trinajstić information content (AvgIpc) is 2.15. The monoisotopic (exact) mass is 174 g/mol. The molecule has 0 saturated carbocycles. The zero-order valence-corrected chi connectivity index (χ0v) is 8.83. The van der Waals surface area contributed by atoms with Gasteiger partial charge >= 0.3 is 0 Å². The zero-order valence-electron chi connectivity index (χ0n) is 7.67. The van der Waals surface area contributed by atoms with Gasteiger partial charge in [0, 0.05) is 6.04 Å². The SMILES string of the molecule is CC#CC[SiH](C)c1ccccc1. The molecule has 0 aliphatic rings. The van der Waals surface area contributed by atoms with Gasteiger partial charge in [-0.25, -0.2) is 0 Å². The van der Waals surface area contributed by atoms with Crippen molar-refractivity contribution in [2.75, 3.05) is 0 Å². The quantitative estimate of drug-likeness (QED) is 0.473. The first kappa shape index (κ1) is 9.09. The second kappa shape index (κ2) is 4.79. The Hall–Kier alpha value is -1.00. The first-order valence-electron chi connectivity index (χ1n) is 4.29. The highest BCUT2D eigenvalue weighted by molar-refractivity contribution is 6.72. The minimum atomic E-state index is -0.752. The Labute approximate surface area is 76.2 Å². The fraction of sp³-hybridized carbons (Fsp3) is 0.273. The third-order valence-corrected chi connectivity index (χ3v) is 4.29. The van der Waals surface area contributed by atoms with E-state index in [0.717, 1.165) is 6.04 Å². The zero-order chi connectivity index (χ0) is 8.81. The van der Waals surface area contributed by atoms with Crippen LogP contribution in [-0.4, -0.2) is 8.80 Å². The normalized spacial score (nSPS) is 11.5. The van der Waals surface area contributed by atoms with Crippen molar-refractivity contribution in [2.45, 2.75) is 19.5 Å². The summed E-state index contributed by atoms with van der Waals surface area (Å²) >= 11 is 0. The molecule has 0 radical (unpaired) electrons. The van der Waals surface area contributed by atoms with Gasteiger partial charge < -0.3 is 0 Å². The molecule has 1 aromatic rings. The molecule has 0 fully saturated rings. The van der Waals surface area contributed by atoms with E-state index in [4.69, 9.17) is 0 Å². The van der Waals surface area contributed by atoms with E-state index in [1.807, 2.05) is 6.92 Å². The fourth-order valence-electron chi connectivity index (χ4n) is 1.15. The third-order valence-electron chi connectivity index (χ3n) is 1.95. The van der Waals surface area contributed by atoms with E-state index in [1.54, 1.807) is 0 Å². The Bertz CT molecular complexity index is 279. The lowest BCUT2D eigenvalue weighted by Gasteiger charge is -2.04. The van der Waals surface area contributed by atoms with E-state index in [0.29, 0.717) is 0 Å². The van der Waals surface area contributed by atoms with Gasteiger partial charge in [0.1, 0.15) is 0 Å². The fourth-order valence-corrected chi connectivity index (χ4v) is 2.78. The van der Waals surface area contributed by atoms with Crippen LogP contribution in [0.5, 0.6) is 0 Å². The summed E-state index contributed by atoms with van der Waals surface area (Å²) in [4.78, 5) is 0. The van der Waals surface area contributed by atoms with Crippen molar-refractivity contribution in [1.29, 1.82) is 0 Å². The largest absolute Gasteiger partial charge is 0.107 e. The summed E-state index contributed by atoms with van der Waals surface area (Å²) in [6.07, 6.45) is 0. The van der Waals surface area contributed by atoms with E-state index in [2.05, 4.69) is 48.7 Å². The van der Waals surface area contributed by atoms with Crippen LogP contribution in [0.4, 0.5) is 0 Å². The molecule has 1 heteroatoms. The Kier molecular flexibility index (Phi) is 3.63. The highest BCUT2D eigenvalue weighted by Gasteiger charge is 2.03. The van der Waals surface area contributed by atoms with Crippen LogP contribution in [0, 0.1) is 11.8 Å². The van der Waals surface area contributed by atoms with E-state index in [-0.39, 0.29) is 0 Å². The van der Waals surface area contributed by atoms with Crippen LogP contribution < -0.4 is 5.19 Å². The van der Waals surface area contributed by atoms with Gasteiger partial charge in [0.25, 0.3) is 0 Å². The molecule has 0 aliphatic heterocycles. The summed E-state index contributed by atoms with van der Waals surface area (Å²) in [5, 5.41) is 1.51. The van der Waals surface area contributed by atoms with Gasteiger partial charge in [-0.15, -0.1) is 11.8 Å². The highest BCUT2D eigenvalue weighted by Crippen LogP contribution is 1.92. The summed E-state index contributed by atoms with van der Waals surface area (Å²) in [6, 6.07) is 11.8. The van der Waals surface area contributed by atoms with Crippen molar-refractivity contribution in [3.8, 4) is 11.8 Å². The molecule has 0 heterocycles. The van der Waals surface area contributed by atoms with E-state index >= 15 is 0 Å². The summed E-state index contributed by atoms with van der Waals surface area (Å²) < 4.78 is 0. The van der Waals surface area contributed by atoms with E-state index in [1.165, 1.54) is 5.19 Å². The van der Waals surface area contributed by atoms with Crippen LogP contribution in [0.1, 0.15) is 6.92 Å². The van der Waals surface area contributed by atoms with Crippen LogP contribution >= 0.6 is 0 Å². The number of rotatable bonds is 2. The molecule has 0 amide bonds. The van der Waals surface area contributed by atoms with Gasteiger partial charge in [0.2, 0.25) is 0 Å². The van der Waals surface area contributed by atoms with Crippen LogP contribution in [0.25, 0.3) is 0 Å². The molecule has 0 aromatic heterocycles. The first-order chi connectivity index (χ1) is 5.84. The second-order valence-corrected chi connectivity index (χ2v) is 5.82. The molecule has 1 rings (SSSR count). The van der Waals surface area contributed by atoms with Gasteiger partial charge in [0.15, 0.2) is 0 Å². The summed E-state index contributed by atoms with van der Waals surface area (Å²) in [6.45, 7) is 4.26. The van der Waals surface area contributed by atoms with Gasteiger partial charge in [-0.3, -0.25) is 0 Å². The molecule has 1 unspecified atom stereocenters. The summed E-state index contributed by atoms with van der Waals surface area (Å²) in [5.41, 5.74) is 0. The highest BCUT2D eigenvalue weighted by atomic mass is 28.3. The molecule has 0 spiro atoms. The van der Waals surface area contributed by atoms with Crippen molar-refractivity contribution >= 4 is 14.0 Å². The Morgan fingerprint density at radius 2 is 1.92 bits per heavy atom. The molecule has 12 heavy (non-hydrogen) atoms. The molecule has 0 bridgehead atoms. The molecule has 0 nitrogen and oxygen atoms in total. The molecular formula is C11H14Si. The summed E-state index contributed by atoms with van der Waals surface area (Å²) in [7, 11) is -0.752. The molecular weight excluding hydrogens is 160 g/mol. The maximum Gasteiger partial charge on any atom is 0.0802 e. The van der Waals surface area contributed by atoms with Crippen LogP contribution in [-0.2, 0) is 0 Å². The lowest BCUT2D eigenvalue weighted by Crippen LogP contribution is -2.24. The van der Waals surface area contributed by atoms with Crippen LogP contribution in [0.2, 0.25) is 12.6 Å². The number of hydrogen-bond donors (Lipinski definition) is 0. The molecule has 1 aromatic carbocycles. The molecule has 62 valence electrons. The van der Waals surface area contributed by atoms with Gasteiger partial charge in [-0.2, -0.15) is 0 Å². The van der Waals surface area contributed by atoms with Crippen molar-refractivity contribution in [2.24, 2.45) is 0 Å². The van der Waals surface area contributed by atoms with Gasteiger partial charge in [0.05, 0.1) is 8.80 Å². The smallest absolute Gasteiger partial charge is 0.0802 e. The number of benzene rings is 1. The van der Waals surface area contributed by atoms with Crippen LogP contribution in [0.15, 0.2) is 30.3 Å². The van der Waals surface area contributed by atoms with E-state index in [9.17, 15) is 0 Å². The maximum atomic E-state index is 3.16. The average molecular weight is 174 g/mol. The number of hydrogen-bond acceptors (Lipinski definition) is 0. The second-order valence-electron chi connectivity index (χ2n) is 2.94. The Morgan fingerprint density at radius 3 is 2.50 bits per heavy atom. The Morgan fingerprint density at radius 1 is 1.25 bits per heavy atom. The van der Waals surface area contributed by atoms with Crippen molar-refractivity contribution in [1.82, 2.24) is 0 Å². The molecule has 0 N–H and O–H groups in total. The predicted octanol–water partition coefficient (Wildman–Crippen LogP) is 1.77. The summed E-state index contributed by atoms with van der Waals surface area (Å²) in [5.74, 6) is 6.11. The van der Waals surface area contributed by atoms with Crippen molar-refractivity contribution in [3.63, 3.8) is 0 Å². The van der Waals surface area contributed by atoms with Crippen molar-refractivity contribution < 1.29 is 0 Å². The Balaban J connectivity index is 2.63. The van der Waals surface area contributed by atoms with Gasteiger partial charge in [-0.1, -0.05) is 42.1 Å². The molecule has 0 saturated heterocycles.